The summed E-state index contributed by atoms with van der Waals surface area (Å²) in [4.78, 5) is 56.3. The maximum absolute atomic E-state index is 11.4. The number of carbonyl (C=O) groups is 5. The first-order chi connectivity index (χ1) is 11.1. The molecule has 0 rings (SSSR count). The number of carbonyl (C=O) groups excluding carboxylic acids is 5. The molecule has 0 amide bonds. The summed E-state index contributed by atoms with van der Waals surface area (Å²) < 4.78 is 19.9. The molecule has 10 heteroatoms. The van der Waals surface area contributed by atoms with E-state index in [0.29, 0.717) is 0 Å². The van der Waals surface area contributed by atoms with Gasteiger partial charge in [-0.2, -0.15) is 0 Å². The average Bonchev–Trinajstić information content (AvgIpc) is 2.45. The van der Waals surface area contributed by atoms with Crippen molar-refractivity contribution in [2.24, 2.45) is 0 Å². The molecule has 0 bridgehead atoms. The molecule has 0 saturated heterocycles. The first kappa shape index (κ1) is 22.0. The summed E-state index contributed by atoms with van der Waals surface area (Å²) in [5.41, 5.74) is 0. The van der Waals surface area contributed by atoms with Crippen molar-refractivity contribution < 1.29 is 42.9 Å². The van der Waals surface area contributed by atoms with Crippen LogP contribution in [0, 0.1) is 0 Å². The molecule has 136 valence electrons. The van der Waals surface area contributed by atoms with Gasteiger partial charge in [0.1, 0.15) is 0 Å². The van der Waals surface area contributed by atoms with Gasteiger partial charge in [-0.1, -0.05) is 15.9 Å². The Morgan fingerprint density at radius 1 is 0.792 bits per heavy atom. The largest absolute Gasteiger partial charge is 0.458 e. The number of halogens is 1. The molecular weight excluding hydrogens is 392 g/mol. The van der Waals surface area contributed by atoms with E-state index in [1.54, 1.807) is 0 Å². The van der Waals surface area contributed by atoms with Crippen molar-refractivity contribution in [3.63, 3.8) is 0 Å². The lowest BCUT2D eigenvalue weighted by molar-refractivity contribution is -0.195. The zero-order valence-electron chi connectivity index (χ0n) is 13.6. The summed E-state index contributed by atoms with van der Waals surface area (Å²) in [7, 11) is 0. The Balaban J connectivity index is 5.79. The van der Waals surface area contributed by atoms with Gasteiger partial charge >= 0.3 is 23.9 Å². The summed E-state index contributed by atoms with van der Waals surface area (Å²) in [5.74, 6) is -3.09. The number of ether oxygens (including phenoxy) is 4. The van der Waals surface area contributed by atoms with Gasteiger partial charge < -0.3 is 18.9 Å². The third-order valence-corrected chi connectivity index (χ3v) is 3.16. The molecular formula is C14H19BrO9. The highest BCUT2D eigenvalue weighted by Crippen LogP contribution is 2.20. The molecule has 0 saturated carbocycles. The lowest BCUT2D eigenvalue weighted by Gasteiger charge is -2.33. The SMILES string of the molecule is CC(=O)O[C@H]([C@H](OC(C)=O)[C@H](C=O)OC(C)=O)[C@@H](CBr)OC(C)=O. The predicted molar refractivity (Wildman–Crippen MR) is 82.1 cm³/mol. The maximum atomic E-state index is 11.4. The fourth-order valence-corrected chi connectivity index (χ4v) is 2.32. The van der Waals surface area contributed by atoms with Crippen LogP contribution in [0.15, 0.2) is 0 Å². The van der Waals surface area contributed by atoms with Crippen LogP contribution in [-0.2, 0) is 42.9 Å². The van der Waals surface area contributed by atoms with E-state index < -0.39 is 48.3 Å². The number of hydrogen-bond donors (Lipinski definition) is 0. The number of hydrogen-bond acceptors (Lipinski definition) is 9. The minimum absolute atomic E-state index is 0.00788. The molecule has 0 heterocycles. The van der Waals surface area contributed by atoms with Gasteiger partial charge in [-0.05, 0) is 0 Å². The molecule has 9 nitrogen and oxygen atoms in total. The van der Waals surface area contributed by atoms with Gasteiger partial charge in [0.2, 0.25) is 0 Å². The van der Waals surface area contributed by atoms with E-state index in [2.05, 4.69) is 15.9 Å². The van der Waals surface area contributed by atoms with E-state index >= 15 is 0 Å². The Bertz CT molecular complexity index is 491. The summed E-state index contributed by atoms with van der Waals surface area (Å²) in [6, 6.07) is 0. The molecule has 0 aliphatic carbocycles. The van der Waals surface area contributed by atoms with Crippen LogP contribution in [0.3, 0.4) is 0 Å². The van der Waals surface area contributed by atoms with Crippen molar-refractivity contribution in [2.45, 2.75) is 52.1 Å². The van der Waals surface area contributed by atoms with Gasteiger partial charge in [0.05, 0.1) is 0 Å². The normalized spacial score (nSPS) is 15.2. The van der Waals surface area contributed by atoms with Crippen molar-refractivity contribution in [3.05, 3.63) is 0 Å². The minimum Gasteiger partial charge on any atom is -0.458 e. The van der Waals surface area contributed by atoms with Gasteiger partial charge in [-0.15, -0.1) is 0 Å². The highest BCUT2D eigenvalue weighted by molar-refractivity contribution is 9.09. The zero-order chi connectivity index (χ0) is 18.9. The Labute approximate surface area is 147 Å². The fourth-order valence-electron chi connectivity index (χ4n) is 1.82. The molecule has 0 spiro atoms. The van der Waals surface area contributed by atoms with Gasteiger partial charge in [0.25, 0.3) is 0 Å². The molecule has 0 unspecified atom stereocenters. The maximum Gasteiger partial charge on any atom is 0.303 e. The third-order valence-electron chi connectivity index (χ3n) is 2.52. The fraction of sp³-hybridized carbons (Fsp3) is 0.643. The summed E-state index contributed by atoms with van der Waals surface area (Å²) in [5, 5.41) is 0.00788. The Hall–Kier alpha value is -1.97. The highest BCUT2D eigenvalue weighted by atomic mass is 79.9. The van der Waals surface area contributed by atoms with Crippen LogP contribution in [-0.4, -0.2) is 59.9 Å². The minimum atomic E-state index is -1.55. The number of rotatable bonds is 9. The number of alkyl halides is 1. The molecule has 0 fully saturated rings. The van der Waals surface area contributed by atoms with Crippen LogP contribution >= 0.6 is 15.9 Å². The van der Waals surface area contributed by atoms with Gasteiger partial charge in [-0.25, -0.2) is 0 Å². The highest BCUT2D eigenvalue weighted by Gasteiger charge is 2.42. The standard InChI is InChI=1S/C14H19BrO9/c1-7(17)21-11(5-15)13(23-9(3)19)14(24-10(4)20)12(6-16)22-8(2)18/h6,11-14H,5H2,1-4H3/t11-,12+,13+,14-/m1/s1. The van der Waals surface area contributed by atoms with E-state index in [1.165, 1.54) is 0 Å². The van der Waals surface area contributed by atoms with Crippen molar-refractivity contribution >= 4 is 46.1 Å². The van der Waals surface area contributed by atoms with Crippen molar-refractivity contribution in [3.8, 4) is 0 Å². The summed E-state index contributed by atoms with van der Waals surface area (Å²) in [6.45, 7) is 4.32. The number of esters is 4. The first-order valence-corrected chi connectivity index (χ1v) is 7.94. The Kier molecular flexibility index (Phi) is 9.86. The lowest BCUT2D eigenvalue weighted by atomic mass is 10.0. The molecule has 0 radical (unpaired) electrons. The van der Waals surface area contributed by atoms with Crippen LogP contribution in [0.2, 0.25) is 0 Å². The zero-order valence-corrected chi connectivity index (χ0v) is 15.2. The molecule has 4 atom stereocenters. The van der Waals surface area contributed by atoms with Crippen molar-refractivity contribution in [2.75, 3.05) is 5.33 Å². The average molecular weight is 411 g/mol. The molecule has 0 N–H and O–H groups in total. The molecule has 0 aromatic rings. The molecule has 0 aliphatic heterocycles. The van der Waals surface area contributed by atoms with Gasteiger partial charge in [0, 0.05) is 33.0 Å². The first-order valence-electron chi connectivity index (χ1n) is 6.82. The monoisotopic (exact) mass is 410 g/mol. The van der Waals surface area contributed by atoms with Gasteiger partial charge in [0.15, 0.2) is 30.7 Å². The molecule has 24 heavy (non-hydrogen) atoms. The van der Waals surface area contributed by atoms with Crippen molar-refractivity contribution in [1.29, 1.82) is 0 Å². The molecule has 0 aromatic heterocycles. The van der Waals surface area contributed by atoms with E-state index in [4.69, 9.17) is 18.9 Å². The van der Waals surface area contributed by atoms with E-state index in [9.17, 15) is 24.0 Å². The second-order valence-corrected chi connectivity index (χ2v) is 5.31. The van der Waals surface area contributed by atoms with E-state index in [0.717, 1.165) is 27.7 Å². The topological polar surface area (TPSA) is 122 Å². The lowest BCUT2D eigenvalue weighted by Crippen LogP contribution is -2.52. The summed E-state index contributed by atoms with van der Waals surface area (Å²) >= 11 is 3.09. The number of aldehydes is 1. The molecule has 0 aromatic carbocycles. The van der Waals surface area contributed by atoms with Crippen LogP contribution in [0.4, 0.5) is 0 Å². The van der Waals surface area contributed by atoms with E-state index in [-0.39, 0.29) is 11.6 Å². The van der Waals surface area contributed by atoms with Crippen molar-refractivity contribution in [1.82, 2.24) is 0 Å². The van der Waals surface area contributed by atoms with Crippen LogP contribution < -0.4 is 0 Å². The third kappa shape index (κ3) is 8.04. The van der Waals surface area contributed by atoms with Gasteiger partial charge in [-0.3, -0.25) is 24.0 Å². The predicted octanol–water partition coefficient (Wildman–Crippen LogP) is 0.307. The second kappa shape index (κ2) is 10.7. The van der Waals surface area contributed by atoms with Crippen LogP contribution in [0.25, 0.3) is 0 Å². The van der Waals surface area contributed by atoms with Crippen LogP contribution in [0.5, 0.6) is 0 Å². The summed E-state index contributed by atoms with van der Waals surface area (Å²) in [6.07, 6.45) is -5.27. The quantitative estimate of drug-likeness (QED) is 0.228. The molecule has 0 aliphatic rings. The second-order valence-electron chi connectivity index (χ2n) is 4.66. The Morgan fingerprint density at radius 3 is 1.54 bits per heavy atom. The Morgan fingerprint density at radius 2 is 1.21 bits per heavy atom. The van der Waals surface area contributed by atoms with E-state index in [1.807, 2.05) is 0 Å². The smallest absolute Gasteiger partial charge is 0.303 e. The van der Waals surface area contributed by atoms with Crippen LogP contribution in [0.1, 0.15) is 27.7 Å².